The summed E-state index contributed by atoms with van der Waals surface area (Å²) in [7, 11) is 0. The lowest BCUT2D eigenvalue weighted by Crippen LogP contribution is -2.15. The Kier molecular flexibility index (Phi) is 3.28. The quantitative estimate of drug-likeness (QED) is 0.359. The van der Waals surface area contributed by atoms with Gasteiger partial charge in [0, 0.05) is 6.07 Å². The van der Waals surface area contributed by atoms with Gasteiger partial charge in [0.1, 0.15) is 12.4 Å². The van der Waals surface area contributed by atoms with Crippen molar-refractivity contribution in [3.63, 3.8) is 0 Å². The minimum atomic E-state index is -1.37. The second-order valence-electron chi connectivity index (χ2n) is 3.99. The summed E-state index contributed by atoms with van der Waals surface area (Å²) in [6, 6.07) is 0.861. The molecule has 0 amide bonds. The minimum Gasteiger partial charge on any atom is -0.482 e. The van der Waals surface area contributed by atoms with Gasteiger partial charge >= 0.3 is 0 Å². The lowest BCUT2D eigenvalue weighted by molar-refractivity contribution is -0.428. The van der Waals surface area contributed by atoms with Gasteiger partial charge in [0.05, 0.1) is 16.9 Å². The molecule has 19 heavy (non-hydrogen) atoms. The van der Waals surface area contributed by atoms with Crippen LogP contribution < -0.4 is 0 Å². The molecule has 0 spiro atoms. The van der Waals surface area contributed by atoms with Gasteiger partial charge < -0.3 is 4.74 Å². The first-order valence-corrected chi connectivity index (χ1v) is 5.22. The number of halogens is 3. The Morgan fingerprint density at radius 1 is 1.21 bits per heavy atom. The summed E-state index contributed by atoms with van der Waals surface area (Å²) in [5.41, 5.74) is -0.460. The molecule has 0 atom stereocenters. The van der Waals surface area contributed by atoms with E-state index in [0.717, 1.165) is 0 Å². The second kappa shape index (κ2) is 4.75. The topological polar surface area (TPSA) is 52.4 Å². The monoisotopic (exact) mass is 271 g/mol. The first kappa shape index (κ1) is 13.1. The van der Waals surface area contributed by atoms with Crippen molar-refractivity contribution >= 4 is 5.76 Å². The molecule has 0 fully saturated rings. The molecule has 0 unspecified atom stereocenters. The van der Waals surface area contributed by atoms with Crippen LogP contribution in [0.4, 0.5) is 13.2 Å². The molecule has 4 nitrogen and oxygen atoms in total. The maximum atomic E-state index is 13.6. The fraction of sp³-hybridized carbons (Fsp3) is 0.167. The lowest BCUT2D eigenvalue weighted by atomic mass is 10.0. The molecular formula is C12H8F3NO3. The van der Waals surface area contributed by atoms with Crippen molar-refractivity contribution in [1.29, 1.82) is 0 Å². The van der Waals surface area contributed by atoms with Gasteiger partial charge in [0.2, 0.25) is 5.76 Å². The molecule has 100 valence electrons. The Morgan fingerprint density at radius 2 is 1.84 bits per heavy atom. The highest BCUT2D eigenvalue weighted by Gasteiger charge is 2.29. The van der Waals surface area contributed by atoms with Crippen molar-refractivity contribution < 1.29 is 22.8 Å². The Hall–Kier alpha value is -2.31. The zero-order valence-electron chi connectivity index (χ0n) is 9.58. The average Bonchev–Trinajstić information content (AvgIpc) is 2.34. The molecule has 0 saturated heterocycles. The van der Waals surface area contributed by atoms with Crippen molar-refractivity contribution in [3.05, 3.63) is 63.1 Å². The number of allylic oxidation sites excluding steroid dienone is 1. The van der Waals surface area contributed by atoms with Crippen LogP contribution in [0.1, 0.15) is 12.0 Å². The predicted molar refractivity (Wildman–Crippen MR) is 59.9 cm³/mol. The maximum Gasteiger partial charge on any atom is 0.292 e. The van der Waals surface area contributed by atoms with Crippen molar-refractivity contribution in [3.8, 4) is 0 Å². The summed E-state index contributed by atoms with van der Waals surface area (Å²) in [6.45, 7) is 3.50. The minimum absolute atomic E-state index is 0.0366. The molecule has 0 saturated carbocycles. The molecule has 7 heteroatoms. The maximum absolute atomic E-state index is 13.6. The summed E-state index contributed by atoms with van der Waals surface area (Å²) in [5.74, 6) is -4.20. The summed E-state index contributed by atoms with van der Waals surface area (Å²) >= 11 is 0. The zero-order chi connectivity index (χ0) is 14.2. The standard InChI is InChI=1S/C12H8F3NO3/c1-6-2-11(16(17)18)12(19-5-6)7-3-9(14)10(15)4-8(7)13/h3-4H,1-2,5H2. The average molecular weight is 271 g/mol. The van der Waals surface area contributed by atoms with E-state index in [4.69, 9.17) is 4.74 Å². The molecule has 0 aromatic heterocycles. The summed E-state index contributed by atoms with van der Waals surface area (Å²) in [4.78, 5) is 10.1. The van der Waals surface area contributed by atoms with Gasteiger partial charge in [-0.1, -0.05) is 6.58 Å². The summed E-state index contributed by atoms with van der Waals surface area (Å²) in [5, 5.41) is 10.9. The second-order valence-corrected chi connectivity index (χ2v) is 3.99. The van der Waals surface area contributed by atoms with E-state index in [0.29, 0.717) is 17.7 Å². The van der Waals surface area contributed by atoms with E-state index in [1.54, 1.807) is 0 Å². The molecule has 0 bridgehead atoms. The van der Waals surface area contributed by atoms with Gasteiger partial charge in [0.15, 0.2) is 11.6 Å². The van der Waals surface area contributed by atoms with Crippen molar-refractivity contribution in [2.45, 2.75) is 6.42 Å². The number of ether oxygens (including phenoxy) is 1. The van der Waals surface area contributed by atoms with Gasteiger partial charge in [-0.15, -0.1) is 0 Å². The van der Waals surface area contributed by atoms with E-state index in [1.807, 2.05) is 0 Å². The third kappa shape index (κ3) is 2.44. The van der Waals surface area contributed by atoms with E-state index in [-0.39, 0.29) is 13.0 Å². The molecule has 0 N–H and O–H groups in total. The Balaban J connectivity index is 2.61. The van der Waals surface area contributed by atoms with Gasteiger partial charge in [-0.25, -0.2) is 13.2 Å². The van der Waals surface area contributed by atoms with Crippen LogP contribution in [0.15, 0.2) is 30.0 Å². The van der Waals surface area contributed by atoms with Crippen LogP contribution in [-0.4, -0.2) is 11.5 Å². The SMILES string of the molecule is C=C1COC(c2cc(F)c(F)cc2F)=C([N+](=O)[O-])C1. The third-order valence-corrected chi connectivity index (χ3v) is 2.58. The van der Waals surface area contributed by atoms with Crippen molar-refractivity contribution in [2.24, 2.45) is 0 Å². The lowest BCUT2D eigenvalue weighted by Gasteiger charge is -2.18. The van der Waals surface area contributed by atoms with Crippen LogP contribution in [0.25, 0.3) is 5.76 Å². The molecule has 1 heterocycles. The highest BCUT2D eigenvalue weighted by molar-refractivity contribution is 5.64. The smallest absolute Gasteiger partial charge is 0.292 e. The first-order valence-electron chi connectivity index (χ1n) is 5.22. The number of nitrogens with zero attached hydrogens (tertiary/aromatic N) is 1. The van der Waals surface area contributed by atoms with Gasteiger partial charge in [-0.05, 0) is 11.6 Å². The summed E-state index contributed by atoms with van der Waals surface area (Å²) < 4.78 is 44.6. The van der Waals surface area contributed by atoms with Gasteiger partial charge in [-0.2, -0.15) is 0 Å². The van der Waals surface area contributed by atoms with Crippen LogP contribution in [0.5, 0.6) is 0 Å². The van der Waals surface area contributed by atoms with E-state index in [9.17, 15) is 23.3 Å². The van der Waals surface area contributed by atoms with Crippen LogP contribution >= 0.6 is 0 Å². The number of benzene rings is 1. The number of nitro groups is 1. The van der Waals surface area contributed by atoms with Crippen molar-refractivity contribution in [2.75, 3.05) is 6.61 Å². The van der Waals surface area contributed by atoms with E-state index in [2.05, 4.69) is 6.58 Å². The van der Waals surface area contributed by atoms with E-state index in [1.165, 1.54) is 0 Å². The molecule has 2 rings (SSSR count). The normalized spacial score (nSPS) is 15.4. The molecule has 1 aliphatic rings. The van der Waals surface area contributed by atoms with Crippen LogP contribution in [0, 0.1) is 27.6 Å². The van der Waals surface area contributed by atoms with Crippen LogP contribution in [0.3, 0.4) is 0 Å². The molecule has 1 aromatic carbocycles. The highest BCUT2D eigenvalue weighted by Crippen LogP contribution is 2.32. The number of hydrogen-bond acceptors (Lipinski definition) is 3. The van der Waals surface area contributed by atoms with Gasteiger partial charge in [0.25, 0.3) is 5.70 Å². The molecular weight excluding hydrogens is 263 g/mol. The van der Waals surface area contributed by atoms with E-state index >= 15 is 0 Å². The fourth-order valence-electron chi connectivity index (χ4n) is 1.70. The van der Waals surface area contributed by atoms with Gasteiger partial charge in [-0.3, -0.25) is 10.1 Å². The highest BCUT2D eigenvalue weighted by atomic mass is 19.2. The van der Waals surface area contributed by atoms with Crippen molar-refractivity contribution in [1.82, 2.24) is 0 Å². The largest absolute Gasteiger partial charge is 0.482 e. The number of rotatable bonds is 2. The fourth-order valence-corrected chi connectivity index (χ4v) is 1.70. The zero-order valence-corrected chi connectivity index (χ0v) is 9.58. The summed E-state index contributed by atoms with van der Waals surface area (Å²) in [6.07, 6.45) is -0.110. The predicted octanol–water partition coefficient (Wildman–Crippen LogP) is 3.03. The van der Waals surface area contributed by atoms with Crippen LogP contribution in [-0.2, 0) is 4.74 Å². The number of hydrogen-bond donors (Lipinski definition) is 0. The Labute approximate surface area is 105 Å². The van der Waals surface area contributed by atoms with Crippen LogP contribution in [0.2, 0.25) is 0 Å². The van der Waals surface area contributed by atoms with E-state index < -0.39 is 39.4 Å². The molecule has 1 aromatic rings. The molecule has 0 radical (unpaired) electrons. The Bertz CT molecular complexity index is 610. The Morgan fingerprint density at radius 3 is 2.47 bits per heavy atom. The first-order chi connectivity index (χ1) is 8.90. The molecule has 1 aliphatic heterocycles. The third-order valence-electron chi connectivity index (χ3n) is 2.58. The molecule has 0 aliphatic carbocycles.